The molecule has 1 aliphatic rings. The van der Waals surface area contributed by atoms with Crippen molar-refractivity contribution in [1.29, 1.82) is 0 Å². The van der Waals surface area contributed by atoms with E-state index in [1.54, 1.807) is 0 Å². The summed E-state index contributed by atoms with van der Waals surface area (Å²) in [4.78, 5) is 0. The lowest BCUT2D eigenvalue weighted by atomic mass is 9.96. The first-order chi connectivity index (χ1) is 8.36. The van der Waals surface area contributed by atoms with Crippen LogP contribution in [0, 0.1) is 0 Å². The lowest BCUT2D eigenvalue weighted by Gasteiger charge is -2.26. The Bertz CT molecular complexity index is 306. The van der Waals surface area contributed by atoms with Crippen molar-refractivity contribution in [1.82, 2.24) is 5.32 Å². The maximum Gasteiger partial charge on any atom is 0.115 e. The lowest BCUT2D eigenvalue weighted by molar-refractivity contribution is 0.204. The SMILES string of the molecule is FC(CCCc1ccccc1)C1CCCCN1. The molecule has 0 bridgehead atoms. The van der Waals surface area contributed by atoms with Crippen molar-refractivity contribution in [3.8, 4) is 0 Å². The van der Waals surface area contributed by atoms with E-state index in [1.165, 1.54) is 18.4 Å². The summed E-state index contributed by atoms with van der Waals surface area (Å²) in [6, 6.07) is 10.5. The Labute approximate surface area is 103 Å². The van der Waals surface area contributed by atoms with Gasteiger partial charge in [0.05, 0.1) is 0 Å². The average Bonchev–Trinajstić information content (AvgIpc) is 2.41. The molecule has 1 heterocycles. The van der Waals surface area contributed by atoms with Gasteiger partial charge in [0.25, 0.3) is 0 Å². The second-order valence-electron chi connectivity index (χ2n) is 4.95. The molecule has 17 heavy (non-hydrogen) atoms. The number of benzene rings is 1. The molecular weight excluding hydrogens is 213 g/mol. The van der Waals surface area contributed by atoms with Crippen molar-refractivity contribution in [3.63, 3.8) is 0 Å². The quantitative estimate of drug-likeness (QED) is 0.823. The van der Waals surface area contributed by atoms with Gasteiger partial charge in [0.2, 0.25) is 0 Å². The second-order valence-corrected chi connectivity index (χ2v) is 4.95. The largest absolute Gasteiger partial charge is 0.311 e. The number of nitrogens with one attached hydrogen (secondary N) is 1. The van der Waals surface area contributed by atoms with Gasteiger partial charge in [-0.15, -0.1) is 0 Å². The molecule has 1 saturated heterocycles. The van der Waals surface area contributed by atoms with Crippen LogP contribution in [0.2, 0.25) is 0 Å². The molecule has 1 N–H and O–H groups in total. The third kappa shape index (κ3) is 4.12. The molecule has 94 valence electrons. The van der Waals surface area contributed by atoms with Crippen molar-refractivity contribution < 1.29 is 4.39 Å². The summed E-state index contributed by atoms with van der Waals surface area (Å²) >= 11 is 0. The molecule has 1 fully saturated rings. The molecule has 1 aromatic carbocycles. The molecule has 1 aromatic rings. The monoisotopic (exact) mass is 235 g/mol. The number of alkyl halides is 1. The van der Waals surface area contributed by atoms with E-state index in [0.29, 0.717) is 6.42 Å². The minimum absolute atomic E-state index is 0.111. The maximum absolute atomic E-state index is 13.9. The van der Waals surface area contributed by atoms with Crippen molar-refractivity contribution in [2.75, 3.05) is 6.54 Å². The van der Waals surface area contributed by atoms with Gasteiger partial charge in [0, 0.05) is 6.04 Å². The molecule has 0 saturated carbocycles. The molecule has 0 radical (unpaired) electrons. The zero-order chi connectivity index (χ0) is 11.9. The third-order valence-electron chi connectivity index (χ3n) is 3.57. The summed E-state index contributed by atoms with van der Waals surface area (Å²) in [5.41, 5.74) is 1.32. The van der Waals surface area contributed by atoms with Gasteiger partial charge >= 0.3 is 0 Å². The van der Waals surface area contributed by atoms with Crippen molar-refractivity contribution in [2.45, 2.75) is 50.7 Å². The zero-order valence-electron chi connectivity index (χ0n) is 10.4. The molecule has 2 unspecified atom stereocenters. The number of aryl methyl sites for hydroxylation is 1. The van der Waals surface area contributed by atoms with Crippen molar-refractivity contribution in [3.05, 3.63) is 35.9 Å². The Morgan fingerprint density at radius 1 is 1.24 bits per heavy atom. The van der Waals surface area contributed by atoms with E-state index >= 15 is 0 Å². The fourth-order valence-corrected chi connectivity index (χ4v) is 2.53. The predicted octanol–water partition coefficient (Wildman–Crippen LogP) is 3.49. The first-order valence-corrected chi connectivity index (χ1v) is 6.77. The van der Waals surface area contributed by atoms with Gasteiger partial charge in [0.15, 0.2) is 0 Å². The number of hydrogen-bond acceptors (Lipinski definition) is 1. The smallest absolute Gasteiger partial charge is 0.115 e. The van der Waals surface area contributed by atoms with Crippen LogP contribution in [0.1, 0.15) is 37.7 Å². The van der Waals surface area contributed by atoms with E-state index < -0.39 is 6.17 Å². The summed E-state index contributed by atoms with van der Waals surface area (Å²) in [5.74, 6) is 0. The van der Waals surface area contributed by atoms with E-state index in [4.69, 9.17) is 0 Å². The standard InChI is InChI=1S/C15H22FN/c16-14(15-11-4-5-12-17-15)10-6-9-13-7-2-1-3-8-13/h1-3,7-8,14-15,17H,4-6,9-12H2. The minimum Gasteiger partial charge on any atom is -0.311 e. The molecule has 1 nitrogen and oxygen atoms in total. The van der Waals surface area contributed by atoms with E-state index in [9.17, 15) is 4.39 Å². The molecule has 0 aromatic heterocycles. The fourth-order valence-electron chi connectivity index (χ4n) is 2.53. The van der Waals surface area contributed by atoms with Crippen molar-refractivity contribution >= 4 is 0 Å². The van der Waals surface area contributed by atoms with Gasteiger partial charge in [-0.2, -0.15) is 0 Å². The highest BCUT2D eigenvalue weighted by Crippen LogP contribution is 2.17. The summed E-state index contributed by atoms with van der Waals surface area (Å²) < 4.78 is 13.9. The van der Waals surface area contributed by atoms with Crippen LogP contribution in [0.25, 0.3) is 0 Å². The number of hydrogen-bond donors (Lipinski definition) is 1. The van der Waals surface area contributed by atoms with Crippen LogP contribution in [-0.2, 0) is 6.42 Å². The summed E-state index contributed by atoms with van der Waals surface area (Å²) in [6.45, 7) is 0.990. The fraction of sp³-hybridized carbons (Fsp3) is 0.600. The molecule has 0 amide bonds. The highest BCUT2D eigenvalue weighted by atomic mass is 19.1. The molecule has 0 aliphatic carbocycles. The second kappa shape index (κ2) is 6.75. The van der Waals surface area contributed by atoms with Crippen LogP contribution >= 0.6 is 0 Å². The Balaban J connectivity index is 1.67. The maximum atomic E-state index is 13.9. The molecule has 0 spiro atoms. The number of rotatable bonds is 5. The first-order valence-electron chi connectivity index (χ1n) is 6.77. The third-order valence-corrected chi connectivity index (χ3v) is 3.57. The minimum atomic E-state index is -0.668. The normalized spacial score (nSPS) is 22.3. The molecule has 2 rings (SSSR count). The number of halogens is 1. The molecule has 2 heteroatoms. The summed E-state index contributed by atoms with van der Waals surface area (Å²) in [7, 11) is 0. The Morgan fingerprint density at radius 2 is 2.06 bits per heavy atom. The first kappa shape index (κ1) is 12.6. The Hall–Kier alpha value is -0.890. The van der Waals surface area contributed by atoms with Gasteiger partial charge in [-0.25, -0.2) is 4.39 Å². The van der Waals surface area contributed by atoms with E-state index in [-0.39, 0.29) is 6.04 Å². The van der Waals surface area contributed by atoms with Crippen LogP contribution in [0.4, 0.5) is 4.39 Å². The summed E-state index contributed by atoms with van der Waals surface area (Å²) in [6.07, 6.45) is 5.35. The van der Waals surface area contributed by atoms with Gasteiger partial charge in [-0.1, -0.05) is 36.8 Å². The van der Waals surface area contributed by atoms with Crippen LogP contribution in [-0.4, -0.2) is 18.8 Å². The van der Waals surface area contributed by atoms with Crippen LogP contribution in [0.5, 0.6) is 0 Å². The van der Waals surface area contributed by atoms with Crippen LogP contribution in [0.15, 0.2) is 30.3 Å². The average molecular weight is 235 g/mol. The highest BCUT2D eigenvalue weighted by molar-refractivity contribution is 5.14. The molecular formula is C15H22FN. The van der Waals surface area contributed by atoms with Crippen molar-refractivity contribution in [2.24, 2.45) is 0 Å². The zero-order valence-corrected chi connectivity index (χ0v) is 10.4. The predicted molar refractivity (Wildman–Crippen MR) is 69.9 cm³/mol. The van der Waals surface area contributed by atoms with E-state index in [2.05, 4.69) is 17.4 Å². The number of piperidine rings is 1. The van der Waals surface area contributed by atoms with Gasteiger partial charge < -0.3 is 5.32 Å². The van der Waals surface area contributed by atoms with Crippen LogP contribution < -0.4 is 5.32 Å². The Morgan fingerprint density at radius 3 is 2.76 bits per heavy atom. The van der Waals surface area contributed by atoms with Gasteiger partial charge in [0.1, 0.15) is 6.17 Å². The van der Waals surface area contributed by atoms with Gasteiger partial charge in [-0.05, 0) is 44.2 Å². The molecule has 2 atom stereocenters. The highest BCUT2D eigenvalue weighted by Gasteiger charge is 2.21. The Kier molecular flexibility index (Phi) is 4.99. The topological polar surface area (TPSA) is 12.0 Å². The van der Waals surface area contributed by atoms with Gasteiger partial charge in [-0.3, -0.25) is 0 Å². The van der Waals surface area contributed by atoms with Crippen LogP contribution in [0.3, 0.4) is 0 Å². The van der Waals surface area contributed by atoms with E-state index in [1.807, 2.05) is 18.2 Å². The molecule has 1 aliphatic heterocycles. The lowest BCUT2D eigenvalue weighted by Crippen LogP contribution is -2.41. The summed E-state index contributed by atoms with van der Waals surface area (Å²) in [5, 5.41) is 3.29. The van der Waals surface area contributed by atoms with E-state index in [0.717, 1.165) is 25.8 Å².